The lowest BCUT2D eigenvalue weighted by Crippen LogP contribution is -2.31. The zero-order valence-corrected chi connectivity index (χ0v) is 21.0. The van der Waals surface area contributed by atoms with Gasteiger partial charge in [-0.2, -0.15) is 0 Å². The standard InChI is InChI=1S/C26H28Cl2N4O2/c1-4-20-24(18-11-10-16(27)13-19(18)28)30-21(5-2)26(31-20)32-25-17-9-7-6-8-15(17)12-22(25)34-23(33)14-29-3/h6-11,13,22,25,29H,4-5,12,14H2,1-3H3,(H,31,32)/t22-,25+/m0/s1. The van der Waals surface area contributed by atoms with Crippen LogP contribution >= 0.6 is 23.2 Å². The molecule has 2 atom stereocenters. The summed E-state index contributed by atoms with van der Waals surface area (Å²) < 4.78 is 5.83. The maximum absolute atomic E-state index is 12.3. The number of benzene rings is 2. The summed E-state index contributed by atoms with van der Waals surface area (Å²) >= 11 is 12.6. The first-order chi connectivity index (χ1) is 16.4. The number of carbonyl (C=O) groups excluding carboxylic acids is 1. The van der Waals surface area contributed by atoms with Crippen molar-refractivity contribution >= 4 is 35.0 Å². The first-order valence-electron chi connectivity index (χ1n) is 11.5. The van der Waals surface area contributed by atoms with Crippen LogP contribution in [0.4, 0.5) is 5.82 Å². The van der Waals surface area contributed by atoms with Gasteiger partial charge in [-0.05, 0) is 49.2 Å². The van der Waals surface area contributed by atoms with Crippen LogP contribution in [0.25, 0.3) is 11.3 Å². The van der Waals surface area contributed by atoms with Gasteiger partial charge in [-0.15, -0.1) is 0 Å². The van der Waals surface area contributed by atoms with Crippen molar-refractivity contribution in [2.45, 2.75) is 45.3 Å². The molecule has 0 aliphatic heterocycles. The van der Waals surface area contributed by atoms with E-state index < -0.39 is 0 Å². The van der Waals surface area contributed by atoms with Crippen LogP contribution in [0.3, 0.4) is 0 Å². The lowest BCUT2D eigenvalue weighted by molar-refractivity contribution is -0.148. The van der Waals surface area contributed by atoms with Crippen molar-refractivity contribution in [1.29, 1.82) is 0 Å². The third-order valence-corrected chi connectivity index (χ3v) is 6.52. The van der Waals surface area contributed by atoms with Gasteiger partial charge in [0.15, 0.2) is 0 Å². The van der Waals surface area contributed by atoms with Gasteiger partial charge in [-0.25, -0.2) is 9.97 Å². The third kappa shape index (κ3) is 5.04. The van der Waals surface area contributed by atoms with Crippen molar-refractivity contribution in [2.24, 2.45) is 0 Å². The monoisotopic (exact) mass is 498 g/mol. The second-order valence-corrected chi connectivity index (χ2v) is 9.07. The smallest absolute Gasteiger partial charge is 0.320 e. The Morgan fingerprint density at radius 1 is 1.09 bits per heavy atom. The summed E-state index contributed by atoms with van der Waals surface area (Å²) in [4.78, 5) is 22.2. The minimum atomic E-state index is -0.333. The molecule has 4 rings (SSSR count). The summed E-state index contributed by atoms with van der Waals surface area (Å²) in [5, 5.41) is 7.54. The largest absolute Gasteiger partial charge is 0.459 e. The van der Waals surface area contributed by atoms with Crippen LogP contribution in [0.2, 0.25) is 10.0 Å². The highest BCUT2D eigenvalue weighted by atomic mass is 35.5. The normalized spacial score (nSPS) is 16.9. The molecule has 1 aliphatic rings. The zero-order valence-electron chi connectivity index (χ0n) is 19.5. The number of hydrogen-bond acceptors (Lipinski definition) is 6. The molecule has 1 aromatic heterocycles. The molecule has 0 fully saturated rings. The summed E-state index contributed by atoms with van der Waals surface area (Å²) in [6, 6.07) is 13.3. The number of hydrogen-bond donors (Lipinski definition) is 2. The maximum atomic E-state index is 12.3. The van der Waals surface area contributed by atoms with E-state index in [1.54, 1.807) is 19.2 Å². The van der Waals surface area contributed by atoms with Crippen LogP contribution < -0.4 is 10.6 Å². The Bertz CT molecular complexity index is 1200. The van der Waals surface area contributed by atoms with E-state index in [4.69, 9.17) is 37.9 Å². The molecule has 2 N–H and O–H groups in total. The average Bonchev–Trinajstić information content (AvgIpc) is 3.16. The van der Waals surface area contributed by atoms with E-state index in [0.717, 1.165) is 33.8 Å². The van der Waals surface area contributed by atoms with Crippen LogP contribution in [0.5, 0.6) is 0 Å². The molecule has 1 heterocycles. The molecule has 2 aromatic carbocycles. The molecule has 0 saturated heterocycles. The summed E-state index contributed by atoms with van der Waals surface area (Å²) in [7, 11) is 1.73. The molecule has 1 aliphatic carbocycles. The fourth-order valence-electron chi connectivity index (χ4n) is 4.35. The molecule has 8 heteroatoms. The van der Waals surface area contributed by atoms with E-state index in [0.29, 0.717) is 35.1 Å². The molecular formula is C26H28Cl2N4O2. The number of aromatic nitrogens is 2. The van der Waals surface area contributed by atoms with E-state index in [1.165, 1.54) is 0 Å². The van der Waals surface area contributed by atoms with E-state index >= 15 is 0 Å². The van der Waals surface area contributed by atoms with Gasteiger partial charge in [0.1, 0.15) is 11.9 Å². The van der Waals surface area contributed by atoms with Crippen molar-refractivity contribution in [3.05, 3.63) is 75.0 Å². The Balaban J connectivity index is 1.72. The van der Waals surface area contributed by atoms with E-state index in [1.807, 2.05) is 32.0 Å². The van der Waals surface area contributed by atoms with Gasteiger partial charge in [-0.1, -0.05) is 61.3 Å². The van der Waals surface area contributed by atoms with E-state index in [2.05, 4.69) is 22.8 Å². The van der Waals surface area contributed by atoms with Gasteiger partial charge in [0.2, 0.25) is 0 Å². The second kappa shape index (κ2) is 10.7. The maximum Gasteiger partial charge on any atom is 0.320 e. The van der Waals surface area contributed by atoms with Crippen LogP contribution in [-0.2, 0) is 28.8 Å². The first-order valence-corrected chi connectivity index (χ1v) is 12.2. The Labute approximate surface area is 210 Å². The van der Waals surface area contributed by atoms with Crippen molar-refractivity contribution in [2.75, 3.05) is 18.9 Å². The highest BCUT2D eigenvalue weighted by Crippen LogP contribution is 2.38. The molecule has 0 radical (unpaired) electrons. The van der Waals surface area contributed by atoms with Gasteiger partial charge in [-0.3, -0.25) is 4.79 Å². The Kier molecular flexibility index (Phi) is 7.71. The van der Waals surface area contributed by atoms with Gasteiger partial charge in [0, 0.05) is 17.0 Å². The number of halogens is 2. The van der Waals surface area contributed by atoms with Crippen molar-refractivity contribution < 1.29 is 9.53 Å². The highest BCUT2D eigenvalue weighted by Gasteiger charge is 2.36. The number of aryl methyl sites for hydroxylation is 2. The summed E-state index contributed by atoms with van der Waals surface area (Å²) in [5.74, 6) is 0.417. The molecule has 0 unspecified atom stereocenters. The van der Waals surface area contributed by atoms with Crippen molar-refractivity contribution in [3.8, 4) is 11.3 Å². The number of ether oxygens (including phenoxy) is 1. The summed E-state index contributed by atoms with van der Waals surface area (Å²) in [6.07, 6.45) is 1.68. The molecule has 0 saturated carbocycles. The van der Waals surface area contributed by atoms with Gasteiger partial charge in [0.25, 0.3) is 0 Å². The van der Waals surface area contributed by atoms with Crippen LogP contribution in [0.1, 0.15) is 42.4 Å². The van der Waals surface area contributed by atoms with Crippen molar-refractivity contribution in [3.63, 3.8) is 0 Å². The fraction of sp³-hybridized carbons (Fsp3) is 0.346. The first kappa shape index (κ1) is 24.5. The second-order valence-electron chi connectivity index (χ2n) is 8.23. The van der Waals surface area contributed by atoms with Crippen LogP contribution in [0.15, 0.2) is 42.5 Å². The molecule has 0 bridgehead atoms. The van der Waals surface area contributed by atoms with Crippen LogP contribution in [-0.4, -0.2) is 35.6 Å². The number of fused-ring (bicyclic) bond motifs is 1. The molecule has 3 aromatic rings. The van der Waals surface area contributed by atoms with Gasteiger partial charge < -0.3 is 15.4 Å². The number of carbonyl (C=O) groups is 1. The lowest BCUT2D eigenvalue weighted by atomic mass is 10.1. The van der Waals surface area contributed by atoms with Crippen molar-refractivity contribution in [1.82, 2.24) is 15.3 Å². The van der Waals surface area contributed by atoms with Gasteiger partial charge >= 0.3 is 5.97 Å². The number of rotatable bonds is 8. The van der Waals surface area contributed by atoms with E-state index in [-0.39, 0.29) is 24.7 Å². The molecule has 6 nitrogen and oxygen atoms in total. The summed E-state index contributed by atoms with van der Waals surface area (Å²) in [6.45, 7) is 4.25. The Morgan fingerprint density at radius 3 is 2.56 bits per heavy atom. The highest BCUT2D eigenvalue weighted by molar-refractivity contribution is 6.36. The van der Waals surface area contributed by atoms with Crippen LogP contribution in [0, 0.1) is 0 Å². The summed E-state index contributed by atoms with van der Waals surface area (Å²) in [5.41, 5.74) is 5.49. The number of anilines is 1. The Hall–Kier alpha value is -2.67. The van der Waals surface area contributed by atoms with Gasteiger partial charge in [0.05, 0.1) is 34.7 Å². The van der Waals surface area contributed by atoms with E-state index in [9.17, 15) is 4.79 Å². The number of esters is 1. The minimum absolute atomic E-state index is 0.163. The number of likely N-dealkylation sites (N-methyl/N-ethyl adjacent to an activating group) is 1. The third-order valence-electron chi connectivity index (χ3n) is 5.98. The zero-order chi connectivity index (χ0) is 24.2. The topological polar surface area (TPSA) is 76.1 Å². The SMILES string of the molecule is CCc1nc(-c2ccc(Cl)cc2Cl)c(CC)nc1N[C@@H]1c2ccccc2C[C@@H]1OC(=O)CNC. The number of nitrogens with zero attached hydrogens (tertiary/aromatic N) is 2. The lowest BCUT2D eigenvalue weighted by Gasteiger charge is -2.24. The molecule has 34 heavy (non-hydrogen) atoms. The molecule has 178 valence electrons. The predicted octanol–water partition coefficient (Wildman–Crippen LogP) is 5.42. The minimum Gasteiger partial charge on any atom is -0.459 e. The quantitative estimate of drug-likeness (QED) is 0.404. The molecular weight excluding hydrogens is 471 g/mol. The fourth-order valence-corrected chi connectivity index (χ4v) is 4.85. The molecule has 0 spiro atoms. The Morgan fingerprint density at radius 2 is 1.85 bits per heavy atom. The number of nitrogens with one attached hydrogen (secondary N) is 2. The predicted molar refractivity (Wildman–Crippen MR) is 137 cm³/mol. The molecule has 0 amide bonds. The average molecular weight is 499 g/mol.